The summed E-state index contributed by atoms with van der Waals surface area (Å²) < 4.78 is 4.86. The van der Waals surface area contributed by atoms with Crippen molar-refractivity contribution < 1.29 is 14.6 Å². The van der Waals surface area contributed by atoms with Gasteiger partial charge in [-0.15, -0.1) is 0 Å². The minimum Gasteiger partial charge on any atom is -0.391 e. The summed E-state index contributed by atoms with van der Waals surface area (Å²) in [5, 5.41) is 15.3. The highest BCUT2D eigenvalue weighted by Crippen LogP contribution is 2.42. The van der Waals surface area contributed by atoms with Gasteiger partial charge in [0.25, 0.3) is 0 Å². The normalized spacial score (nSPS) is 20.1. The highest BCUT2D eigenvalue weighted by molar-refractivity contribution is 5.73. The Labute approximate surface area is 144 Å². The minimum atomic E-state index is -0.539. The summed E-state index contributed by atoms with van der Waals surface area (Å²) in [7, 11) is 1.55. The Kier molecular flexibility index (Phi) is 6.63. The molecule has 3 N–H and O–H groups in total. The number of aliphatic hydroxyl groups is 1. The number of hydrogen-bond acceptors (Lipinski definition) is 3. The smallest absolute Gasteiger partial charge is 0.314 e. The van der Waals surface area contributed by atoms with E-state index < -0.39 is 6.10 Å². The standard InChI is InChI=1S/C19H30N2O3/c1-19(2)10-8-14(16-6-4-5-7-17(16)19)12-21-18(23)20-11-9-15(22)13-24-3/h4-7,14-15,22H,8-13H2,1-3H3,(H2,20,21,23). The fraction of sp³-hybridized carbons (Fsp3) is 0.632. The van der Waals surface area contributed by atoms with Crippen LogP contribution in [0, 0.1) is 0 Å². The molecule has 0 saturated carbocycles. The van der Waals surface area contributed by atoms with Gasteiger partial charge < -0.3 is 20.5 Å². The first-order valence-corrected chi connectivity index (χ1v) is 8.72. The number of urea groups is 1. The van der Waals surface area contributed by atoms with E-state index in [0.29, 0.717) is 25.4 Å². The van der Waals surface area contributed by atoms with Gasteiger partial charge in [-0.2, -0.15) is 0 Å². The number of aliphatic hydroxyl groups excluding tert-OH is 1. The zero-order valence-corrected chi connectivity index (χ0v) is 15.0. The fourth-order valence-electron chi connectivity index (χ4n) is 3.41. The van der Waals surface area contributed by atoms with Crippen LogP contribution in [0.25, 0.3) is 0 Å². The molecule has 0 saturated heterocycles. The quantitative estimate of drug-likeness (QED) is 0.718. The van der Waals surface area contributed by atoms with Crippen molar-refractivity contribution in [3.05, 3.63) is 35.4 Å². The predicted molar refractivity (Wildman–Crippen MR) is 95.3 cm³/mol. The number of rotatable bonds is 7. The molecule has 2 atom stereocenters. The third kappa shape index (κ3) is 4.95. The number of nitrogens with one attached hydrogen (secondary N) is 2. The van der Waals surface area contributed by atoms with E-state index in [4.69, 9.17) is 4.74 Å². The van der Waals surface area contributed by atoms with Crippen LogP contribution >= 0.6 is 0 Å². The van der Waals surface area contributed by atoms with Crippen molar-refractivity contribution in [2.24, 2.45) is 0 Å². The summed E-state index contributed by atoms with van der Waals surface area (Å²) in [6.07, 6.45) is 2.16. The van der Waals surface area contributed by atoms with E-state index in [1.807, 2.05) is 0 Å². The van der Waals surface area contributed by atoms with Crippen molar-refractivity contribution in [1.29, 1.82) is 0 Å². The van der Waals surface area contributed by atoms with Crippen molar-refractivity contribution in [3.8, 4) is 0 Å². The Morgan fingerprint density at radius 3 is 2.88 bits per heavy atom. The molecule has 134 valence electrons. The molecule has 0 radical (unpaired) electrons. The van der Waals surface area contributed by atoms with E-state index in [2.05, 4.69) is 48.7 Å². The van der Waals surface area contributed by atoms with Crippen LogP contribution in [0.3, 0.4) is 0 Å². The number of ether oxygens (including phenoxy) is 1. The number of benzene rings is 1. The molecule has 0 fully saturated rings. The van der Waals surface area contributed by atoms with E-state index in [9.17, 15) is 9.90 Å². The topological polar surface area (TPSA) is 70.6 Å². The number of fused-ring (bicyclic) bond motifs is 1. The second kappa shape index (κ2) is 8.49. The van der Waals surface area contributed by atoms with Crippen molar-refractivity contribution in [2.75, 3.05) is 26.8 Å². The molecule has 2 rings (SSSR count). The van der Waals surface area contributed by atoms with Gasteiger partial charge in [-0.05, 0) is 35.8 Å². The second-order valence-electron chi connectivity index (χ2n) is 7.24. The third-order valence-electron chi connectivity index (χ3n) is 4.88. The minimum absolute atomic E-state index is 0.179. The van der Waals surface area contributed by atoms with Gasteiger partial charge >= 0.3 is 6.03 Å². The maximum Gasteiger partial charge on any atom is 0.314 e. The molecule has 1 aromatic carbocycles. The monoisotopic (exact) mass is 334 g/mol. The first kappa shape index (κ1) is 18.7. The molecule has 0 aromatic heterocycles. The summed E-state index contributed by atoms with van der Waals surface area (Å²) in [5.41, 5.74) is 2.95. The lowest BCUT2D eigenvalue weighted by atomic mass is 9.69. The molecule has 2 amide bonds. The van der Waals surface area contributed by atoms with Crippen LogP contribution in [-0.4, -0.2) is 44.0 Å². The Bertz CT molecular complexity index is 545. The van der Waals surface area contributed by atoms with Gasteiger partial charge in [-0.25, -0.2) is 4.79 Å². The van der Waals surface area contributed by atoms with E-state index in [1.165, 1.54) is 11.1 Å². The van der Waals surface area contributed by atoms with Crippen LogP contribution in [0.5, 0.6) is 0 Å². The van der Waals surface area contributed by atoms with Crippen LogP contribution in [0.1, 0.15) is 50.2 Å². The summed E-state index contributed by atoms with van der Waals surface area (Å²) in [6, 6.07) is 8.38. The summed E-state index contributed by atoms with van der Waals surface area (Å²) in [5.74, 6) is 0.360. The molecule has 1 aliphatic carbocycles. The predicted octanol–water partition coefficient (Wildman–Crippen LogP) is 2.54. The highest BCUT2D eigenvalue weighted by Gasteiger charge is 2.32. The van der Waals surface area contributed by atoms with Gasteiger partial charge in [-0.3, -0.25) is 0 Å². The number of carbonyl (C=O) groups excluding carboxylic acids is 1. The Morgan fingerprint density at radius 1 is 1.38 bits per heavy atom. The molecule has 0 bridgehead atoms. The van der Waals surface area contributed by atoms with Crippen LogP contribution < -0.4 is 10.6 Å². The van der Waals surface area contributed by atoms with Gasteiger partial charge in [-0.1, -0.05) is 38.1 Å². The first-order valence-electron chi connectivity index (χ1n) is 8.72. The van der Waals surface area contributed by atoms with Gasteiger partial charge in [0.1, 0.15) is 0 Å². The zero-order valence-electron chi connectivity index (χ0n) is 15.0. The molecule has 5 heteroatoms. The maximum absolute atomic E-state index is 11.9. The molecular weight excluding hydrogens is 304 g/mol. The number of carbonyl (C=O) groups is 1. The lowest BCUT2D eigenvalue weighted by Crippen LogP contribution is -2.40. The first-order chi connectivity index (χ1) is 11.4. The van der Waals surface area contributed by atoms with Crippen LogP contribution in [0.2, 0.25) is 0 Å². The van der Waals surface area contributed by atoms with Crippen LogP contribution in [0.4, 0.5) is 4.79 Å². The Hall–Kier alpha value is -1.59. The zero-order chi connectivity index (χ0) is 17.6. The van der Waals surface area contributed by atoms with E-state index in [1.54, 1.807) is 7.11 Å². The summed E-state index contributed by atoms with van der Waals surface area (Å²) in [6.45, 7) is 5.93. The molecule has 0 spiro atoms. The van der Waals surface area contributed by atoms with Crippen LogP contribution in [-0.2, 0) is 10.2 Å². The number of amides is 2. The van der Waals surface area contributed by atoms with Crippen molar-refractivity contribution >= 4 is 6.03 Å². The van der Waals surface area contributed by atoms with E-state index >= 15 is 0 Å². The lowest BCUT2D eigenvalue weighted by Gasteiger charge is -2.37. The van der Waals surface area contributed by atoms with E-state index in [0.717, 1.165) is 12.8 Å². The largest absolute Gasteiger partial charge is 0.391 e. The van der Waals surface area contributed by atoms with Crippen molar-refractivity contribution in [2.45, 2.75) is 50.5 Å². The average molecular weight is 334 g/mol. The average Bonchev–Trinajstić information content (AvgIpc) is 2.54. The molecule has 0 heterocycles. The highest BCUT2D eigenvalue weighted by atomic mass is 16.5. The molecule has 5 nitrogen and oxygen atoms in total. The summed E-state index contributed by atoms with van der Waals surface area (Å²) >= 11 is 0. The van der Waals surface area contributed by atoms with Crippen molar-refractivity contribution in [1.82, 2.24) is 10.6 Å². The van der Waals surface area contributed by atoms with Crippen molar-refractivity contribution in [3.63, 3.8) is 0 Å². The Balaban J connectivity index is 1.81. The van der Waals surface area contributed by atoms with Gasteiger partial charge in [0.15, 0.2) is 0 Å². The third-order valence-corrected chi connectivity index (χ3v) is 4.88. The molecule has 0 aliphatic heterocycles. The molecule has 1 aromatic rings. The molecule has 24 heavy (non-hydrogen) atoms. The molecule has 1 aliphatic rings. The fourth-order valence-corrected chi connectivity index (χ4v) is 3.41. The van der Waals surface area contributed by atoms with E-state index in [-0.39, 0.29) is 18.1 Å². The molecular formula is C19H30N2O3. The Morgan fingerprint density at radius 2 is 2.12 bits per heavy atom. The number of methoxy groups -OCH3 is 1. The van der Waals surface area contributed by atoms with Gasteiger partial charge in [0, 0.05) is 26.1 Å². The van der Waals surface area contributed by atoms with Crippen LogP contribution in [0.15, 0.2) is 24.3 Å². The van der Waals surface area contributed by atoms with Gasteiger partial charge in [0.2, 0.25) is 0 Å². The summed E-state index contributed by atoms with van der Waals surface area (Å²) in [4.78, 5) is 11.9. The maximum atomic E-state index is 11.9. The van der Waals surface area contributed by atoms with Gasteiger partial charge in [0.05, 0.1) is 12.7 Å². The second-order valence-corrected chi connectivity index (χ2v) is 7.24. The SMILES string of the molecule is COCC(O)CCNC(=O)NCC1CCC(C)(C)c2ccccc21. The number of hydrogen-bond donors (Lipinski definition) is 3. The lowest BCUT2D eigenvalue weighted by molar-refractivity contribution is 0.0598. The molecule has 2 unspecified atom stereocenters.